The first kappa shape index (κ1) is 14.6. The Bertz CT molecular complexity index is 706. The molecule has 1 unspecified atom stereocenters. The number of hydroxylamine groups is 2. The number of rotatable bonds is 3. The van der Waals surface area contributed by atoms with Crippen molar-refractivity contribution in [3.63, 3.8) is 0 Å². The Hall–Kier alpha value is -2.38. The van der Waals surface area contributed by atoms with Crippen LogP contribution in [0.4, 0.5) is 4.39 Å². The van der Waals surface area contributed by atoms with Crippen molar-refractivity contribution in [1.29, 1.82) is 5.26 Å². The zero-order chi connectivity index (χ0) is 15.5. The Morgan fingerprint density at radius 3 is 2.59 bits per heavy atom. The van der Waals surface area contributed by atoms with E-state index in [4.69, 9.17) is 10.1 Å². The summed E-state index contributed by atoms with van der Waals surface area (Å²) < 4.78 is 14.3. The first-order valence-electron chi connectivity index (χ1n) is 7.38. The number of hydrogen-bond donors (Lipinski definition) is 0. The predicted molar refractivity (Wildman–Crippen MR) is 82.5 cm³/mol. The molecular weight excluding hydrogens is 279 g/mol. The number of nitriles is 1. The standard InChI is InChI=1S/C18H17FN2O/c1-13-8-9-21(12-13)22-16-6-7-17(18(19)10-16)15-4-2-14(11-20)3-5-15/h2-7,10,13H,8-9,12H2,1H3. The minimum Gasteiger partial charge on any atom is -0.406 e. The van der Waals surface area contributed by atoms with Gasteiger partial charge in [0, 0.05) is 24.7 Å². The third-order valence-electron chi connectivity index (χ3n) is 3.89. The molecule has 0 radical (unpaired) electrons. The molecule has 1 heterocycles. The minimum atomic E-state index is -0.325. The second-order valence-electron chi connectivity index (χ2n) is 5.70. The lowest BCUT2D eigenvalue weighted by Crippen LogP contribution is -2.24. The average molecular weight is 296 g/mol. The molecule has 112 valence electrons. The zero-order valence-electron chi connectivity index (χ0n) is 12.4. The van der Waals surface area contributed by atoms with Gasteiger partial charge in [0.15, 0.2) is 0 Å². The highest BCUT2D eigenvalue weighted by molar-refractivity contribution is 5.65. The summed E-state index contributed by atoms with van der Waals surface area (Å²) in [4.78, 5) is 5.70. The second-order valence-corrected chi connectivity index (χ2v) is 5.70. The molecule has 1 aliphatic heterocycles. The van der Waals surface area contributed by atoms with E-state index >= 15 is 0 Å². The molecule has 22 heavy (non-hydrogen) atoms. The van der Waals surface area contributed by atoms with Gasteiger partial charge in [-0.1, -0.05) is 19.1 Å². The van der Waals surface area contributed by atoms with E-state index < -0.39 is 0 Å². The number of halogens is 1. The molecule has 0 aromatic heterocycles. The lowest BCUT2D eigenvalue weighted by atomic mass is 10.0. The van der Waals surface area contributed by atoms with Gasteiger partial charge in [-0.3, -0.25) is 0 Å². The van der Waals surface area contributed by atoms with Crippen LogP contribution in [0.1, 0.15) is 18.9 Å². The van der Waals surface area contributed by atoms with Gasteiger partial charge in [-0.25, -0.2) is 4.39 Å². The maximum absolute atomic E-state index is 14.3. The van der Waals surface area contributed by atoms with Crippen molar-refractivity contribution in [2.24, 2.45) is 5.92 Å². The van der Waals surface area contributed by atoms with Gasteiger partial charge in [0.1, 0.15) is 11.6 Å². The van der Waals surface area contributed by atoms with Gasteiger partial charge < -0.3 is 4.84 Å². The van der Waals surface area contributed by atoms with Crippen LogP contribution >= 0.6 is 0 Å². The van der Waals surface area contributed by atoms with E-state index in [1.807, 2.05) is 5.06 Å². The molecule has 1 saturated heterocycles. The minimum absolute atomic E-state index is 0.325. The Morgan fingerprint density at radius 2 is 2.00 bits per heavy atom. The van der Waals surface area contributed by atoms with E-state index in [2.05, 4.69) is 13.0 Å². The van der Waals surface area contributed by atoms with Gasteiger partial charge in [-0.15, -0.1) is 5.06 Å². The highest BCUT2D eigenvalue weighted by atomic mass is 19.1. The average Bonchev–Trinajstić information content (AvgIpc) is 2.93. The summed E-state index contributed by atoms with van der Waals surface area (Å²) >= 11 is 0. The van der Waals surface area contributed by atoms with Gasteiger partial charge >= 0.3 is 0 Å². The van der Waals surface area contributed by atoms with Gasteiger partial charge in [-0.05, 0) is 42.2 Å². The van der Waals surface area contributed by atoms with Gasteiger partial charge in [0.05, 0.1) is 11.6 Å². The molecule has 2 aromatic carbocycles. The quantitative estimate of drug-likeness (QED) is 0.859. The van der Waals surface area contributed by atoms with Crippen molar-refractivity contribution >= 4 is 0 Å². The van der Waals surface area contributed by atoms with Crippen LogP contribution in [0.15, 0.2) is 42.5 Å². The van der Waals surface area contributed by atoms with Crippen molar-refractivity contribution in [2.45, 2.75) is 13.3 Å². The van der Waals surface area contributed by atoms with E-state index in [0.717, 1.165) is 25.1 Å². The Balaban J connectivity index is 1.78. The first-order chi connectivity index (χ1) is 10.7. The van der Waals surface area contributed by atoms with Crippen molar-refractivity contribution in [2.75, 3.05) is 13.1 Å². The van der Waals surface area contributed by atoms with Crippen molar-refractivity contribution in [1.82, 2.24) is 5.06 Å². The summed E-state index contributed by atoms with van der Waals surface area (Å²) in [5, 5.41) is 10.7. The van der Waals surface area contributed by atoms with Gasteiger partial charge in [0.2, 0.25) is 0 Å². The molecule has 3 nitrogen and oxygen atoms in total. The number of nitrogens with zero attached hydrogens (tertiary/aromatic N) is 2. The molecule has 0 aliphatic carbocycles. The molecule has 1 atom stereocenters. The summed E-state index contributed by atoms with van der Waals surface area (Å²) in [7, 11) is 0. The van der Waals surface area contributed by atoms with Crippen molar-refractivity contribution in [3.8, 4) is 22.9 Å². The molecule has 0 amide bonds. The Labute approximate surface area is 129 Å². The number of hydrogen-bond acceptors (Lipinski definition) is 3. The molecule has 0 spiro atoms. The van der Waals surface area contributed by atoms with Crippen LogP contribution in [0.3, 0.4) is 0 Å². The van der Waals surface area contributed by atoms with Gasteiger partial charge in [-0.2, -0.15) is 5.26 Å². The van der Waals surface area contributed by atoms with E-state index in [0.29, 0.717) is 22.8 Å². The maximum Gasteiger partial charge on any atom is 0.150 e. The van der Waals surface area contributed by atoms with Crippen LogP contribution in [0, 0.1) is 23.1 Å². The van der Waals surface area contributed by atoms with Crippen LogP contribution in [-0.2, 0) is 0 Å². The summed E-state index contributed by atoms with van der Waals surface area (Å²) in [6.07, 6.45) is 1.10. The van der Waals surface area contributed by atoms with Crippen LogP contribution in [-0.4, -0.2) is 18.2 Å². The number of benzene rings is 2. The first-order valence-corrected chi connectivity index (χ1v) is 7.38. The molecule has 0 N–H and O–H groups in total. The molecule has 3 rings (SSSR count). The highest BCUT2D eigenvalue weighted by Gasteiger charge is 2.20. The maximum atomic E-state index is 14.3. The fourth-order valence-corrected chi connectivity index (χ4v) is 2.64. The van der Waals surface area contributed by atoms with E-state index in [1.54, 1.807) is 36.4 Å². The lowest BCUT2D eigenvalue weighted by Gasteiger charge is -2.17. The fraction of sp³-hybridized carbons (Fsp3) is 0.278. The van der Waals surface area contributed by atoms with Crippen LogP contribution in [0.2, 0.25) is 0 Å². The fourth-order valence-electron chi connectivity index (χ4n) is 2.64. The summed E-state index contributed by atoms with van der Waals surface area (Å²) in [6.45, 7) is 3.93. The van der Waals surface area contributed by atoms with Crippen molar-refractivity contribution < 1.29 is 9.23 Å². The molecule has 4 heteroatoms. The largest absolute Gasteiger partial charge is 0.406 e. The summed E-state index contributed by atoms with van der Waals surface area (Å²) in [5.41, 5.74) is 1.82. The highest BCUT2D eigenvalue weighted by Crippen LogP contribution is 2.27. The summed E-state index contributed by atoms with van der Waals surface area (Å²) in [6, 6.07) is 13.8. The Morgan fingerprint density at radius 1 is 1.23 bits per heavy atom. The van der Waals surface area contributed by atoms with E-state index in [9.17, 15) is 4.39 Å². The summed E-state index contributed by atoms with van der Waals surface area (Å²) in [5.74, 6) is 0.807. The zero-order valence-corrected chi connectivity index (χ0v) is 12.4. The monoisotopic (exact) mass is 296 g/mol. The lowest BCUT2D eigenvalue weighted by molar-refractivity contribution is -0.0379. The molecule has 1 fully saturated rings. The predicted octanol–water partition coefficient (Wildman–Crippen LogP) is 4.00. The van der Waals surface area contributed by atoms with E-state index in [1.165, 1.54) is 6.07 Å². The van der Waals surface area contributed by atoms with Gasteiger partial charge in [0.25, 0.3) is 0 Å². The topological polar surface area (TPSA) is 36.3 Å². The smallest absolute Gasteiger partial charge is 0.150 e. The Kier molecular flexibility index (Phi) is 4.08. The SMILES string of the molecule is CC1CCN(Oc2ccc(-c3ccc(C#N)cc3)c(F)c2)C1. The molecule has 2 aromatic rings. The van der Waals surface area contributed by atoms with Crippen molar-refractivity contribution in [3.05, 3.63) is 53.8 Å². The molecule has 0 saturated carbocycles. The second kappa shape index (κ2) is 6.17. The normalized spacial score (nSPS) is 18.1. The third kappa shape index (κ3) is 3.10. The third-order valence-corrected chi connectivity index (χ3v) is 3.89. The van der Waals surface area contributed by atoms with Crippen LogP contribution in [0.5, 0.6) is 5.75 Å². The molecule has 0 bridgehead atoms. The molecule has 1 aliphatic rings. The van der Waals surface area contributed by atoms with Crippen LogP contribution < -0.4 is 4.84 Å². The molecular formula is C18H17FN2O. The van der Waals surface area contributed by atoms with Crippen LogP contribution in [0.25, 0.3) is 11.1 Å². The van der Waals surface area contributed by atoms with E-state index in [-0.39, 0.29) is 5.82 Å².